The minimum Gasteiger partial charge on any atom is -0.370 e. The predicted octanol–water partition coefficient (Wildman–Crippen LogP) is 6.35. The summed E-state index contributed by atoms with van der Waals surface area (Å²) in [6.45, 7) is 9.71. The van der Waals surface area contributed by atoms with E-state index in [1.807, 2.05) is 31.2 Å². The van der Waals surface area contributed by atoms with Gasteiger partial charge in [0.15, 0.2) is 11.8 Å². The molecule has 0 aliphatic heterocycles. The number of hydrogen-bond acceptors (Lipinski definition) is 5. The molecule has 2 aromatic heterocycles. The Bertz CT molecular complexity index is 1590. The second-order valence-electron chi connectivity index (χ2n) is 11.4. The third-order valence-electron chi connectivity index (χ3n) is 7.18. The van der Waals surface area contributed by atoms with E-state index >= 15 is 4.39 Å². The molecule has 9 nitrogen and oxygen atoms in total. The molecule has 2 aromatic carbocycles. The number of nitrogens with one attached hydrogen (secondary N) is 2. The lowest BCUT2D eigenvalue weighted by Crippen LogP contribution is -2.25. The van der Waals surface area contributed by atoms with Gasteiger partial charge in [-0.15, -0.1) is 0 Å². The highest BCUT2D eigenvalue weighted by molar-refractivity contribution is 6.31. The summed E-state index contributed by atoms with van der Waals surface area (Å²) in [5.74, 6) is -0.416. The van der Waals surface area contributed by atoms with Gasteiger partial charge in [0.1, 0.15) is 5.65 Å². The van der Waals surface area contributed by atoms with Gasteiger partial charge in [0, 0.05) is 35.8 Å². The second-order valence-corrected chi connectivity index (χ2v) is 11.9. The van der Waals surface area contributed by atoms with Crippen LogP contribution in [0.2, 0.25) is 5.02 Å². The average Bonchev–Trinajstić information content (AvgIpc) is 3.40. The number of guanidine groups is 1. The van der Waals surface area contributed by atoms with Gasteiger partial charge in [-0.3, -0.25) is 9.56 Å². The molecule has 0 amide bonds. The molecule has 2 heterocycles. The van der Waals surface area contributed by atoms with Crippen molar-refractivity contribution in [3.63, 3.8) is 0 Å². The van der Waals surface area contributed by atoms with Crippen LogP contribution in [0.5, 0.6) is 0 Å². The maximum atomic E-state index is 15.1. The van der Waals surface area contributed by atoms with Gasteiger partial charge >= 0.3 is 5.69 Å². The Morgan fingerprint density at radius 2 is 1.82 bits per heavy atom. The van der Waals surface area contributed by atoms with Gasteiger partial charge in [-0.25, -0.2) is 9.18 Å². The SMILES string of the molecule is CCC.CCCC(NCCCN=C(N)N)c1ccc(-n2cc3cc(-c4cc(CCCC(C)N)cc(Cl)c4F)[nH]c3nc2=O)cc1. The van der Waals surface area contributed by atoms with Crippen molar-refractivity contribution in [2.75, 3.05) is 13.1 Å². The summed E-state index contributed by atoms with van der Waals surface area (Å²) in [6.07, 6.45) is 8.26. The number of nitrogens with zero attached hydrogens (tertiary/aromatic N) is 3. The van der Waals surface area contributed by atoms with Gasteiger partial charge in [0.2, 0.25) is 0 Å². The topological polar surface area (TPSA) is 153 Å². The van der Waals surface area contributed by atoms with Gasteiger partial charge < -0.3 is 27.5 Å². The molecular formula is C34H48ClFN8O. The molecule has 0 radical (unpaired) electrons. The fourth-order valence-corrected chi connectivity index (χ4v) is 5.29. The molecule has 0 bridgehead atoms. The molecule has 8 N–H and O–H groups in total. The van der Waals surface area contributed by atoms with Crippen molar-refractivity contribution in [1.82, 2.24) is 19.9 Å². The number of aromatic nitrogens is 3. The van der Waals surface area contributed by atoms with E-state index in [0.717, 1.165) is 56.2 Å². The van der Waals surface area contributed by atoms with Gasteiger partial charge in [0.05, 0.1) is 16.4 Å². The first-order chi connectivity index (χ1) is 21.6. The summed E-state index contributed by atoms with van der Waals surface area (Å²) in [4.78, 5) is 24.4. The van der Waals surface area contributed by atoms with Crippen LogP contribution in [0.25, 0.3) is 28.0 Å². The number of benzene rings is 2. The van der Waals surface area contributed by atoms with Crippen LogP contribution in [-0.4, -0.2) is 39.6 Å². The van der Waals surface area contributed by atoms with Crippen LogP contribution in [0.3, 0.4) is 0 Å². The van der Waals surface area contributed by atoms with Crippen molar-refractivity contribution >= 4 is 28.6 Å². The predicted molar refractivity (Wildman–Crippen MR) is 186 cm³/mol. The highest BCUT2D eigenvalue weighted by Gasteiger charge is 2.16. The lowest BCUT2D eigenvalue weighted by Gasteiger charge is -2.19. The summed E-state index contributed by atoms with van der Waals surface area (Å²) in [6, 6.07) is 13.4. The van der Waals surface area contributed by atoms with E-state index in [9.17, 15) is 4.79 Å². The Balaban J connectivity index is 0.00000177. The lowest BCUT2D eigenvalue weighted by molar-refractivity contribution is 0.490. The zero-order valence-corrected chi connectivity index (χ0v) is 27.6. The number of halogens is 2. The van der Waals surface area contributed by atoms with Gasteiger partial charge in [-0.2, -0.15) is 4.98 Å². The summed E-state index contributed by atoms with van der Waals surface area (Å²) < 4.78 is 16.6. The fraction of sp³-hybridized carbons (Fsp3) is 0.441. The highest BCUT2D eigenvalue weighted by Crippen LogP contribution is 2.31. The monoisotopic (exact) mass is 638 g/mol. The zero-order chi connectivity index (χ0) is 32.9. The number of rotatable bonds is 14. The van der Waals surface area contributed by atoms with Crippen LogP contribution in [-0.2, 0) is 6.42 Å². The molecule has 0 aliphatic rings. The van der Waals surface area contributed by atoms with E-state index < -0.39 is 11.5 Å². The average molecular weight is 639 g/mol. The Hall–Kier alpha value is -3.73. The Kier molecular flexibility index (Phi) is 14.0. The molecule has 4 aromatic rings. The lowest BCUT2D eigenvalue weighted by atomic mass is 10.0. The smallest absolute Gasteiger partial charge is 0.354 e. The summed E-state index contributed by atoms with van der Waals surface area (Å²) in [7, 11) is 0. The summed E-state index contributed by atoms with van der Waals surface area (Å²) in [5.41, 5.74) is 20.2. The Morgan fingerprint density at radius 3 is 2.47 bits per heavy atom. The maximum absolute atomic E-state index is 15.1. The molecule has 244 valence electrons. The van der Waals surface area contributed by atoms with E-state index in [-0.39, 0.29) is 23.1 Å². The van der Waals surface area contributed by atoms with Crippen molar-refractivity contribution in [1.29, 1.82) is 0 Å². The number of aryl methyl sites for hydroxylation is 1. The quantitative estimate of drug-likeness (QED) is 0.0616. The molecule has 45 heavy (non-hydrogen) atoms. The van der Waals surface area contributed by atoms with E-state index in [1.54, 1.807) is 24.4 Å². The van der Waals surface area contributed by atoms with Gasteiger partial charge in [0.25, 0.3) is 0 Å². The van der Waals surface area contributed by atoms with Crippen LogP contribution in [0.15, 0.2) is 58.4 Å². The second kappa shape index (κ2) is 17.7. The van der Waals surface area contributed by atoms with E-state index in [4.69, 9.17) is 28.8 Å². The largest absolute Gasteiger partial charge is 0.370 e. The van der Waals surface area contributed by atoms with Crippen LogP contribution >= 0.6 is 11.6 Å². The van der Waals surface area contributed by atoms with Crippen molar-refractivity contribution in [3.8, 4) is 16.9 Å². The molecule has 0 fully saturated rings. The van der Waals surface area contributed by atoms with Gasteiger partial charge in [-0.05, 0) is 87.0 Å². The molecule has 11 heteroatoms. The van der Waals surface area contributed by atoms with Crippen LogP contribution in [0, 0.1) is 5.82 Å². The number of H-pyrrole nitrogens is 1. The first kappa shape index (κ1) is 35.7. The van der Waals surface area contributed by atoms with E-state index in [2.05, 4.69) is 41.0 Å². The molecule has 4 rings (SSSR count). The van der Waals surface area contributed by atoms with Crippen molar-refractivity contribution in [2.24, 2.45) is 22.2 Å². The zero-order valence-electron chi connectivity index (χ0n) is 26.9. The fourth-order valence-electron chi connectivity index (χ4n) is 5.04. The normalized spacial score (nSPS) is 12.4. The highest BCUT2D eigenvalue weighted by atomic mass is 35.5. The number of fused-ring (bicyclic) bond motifs is 1. The maximum Gasteiger partial charge on any atom is 0.354 e. The molecule has 0 spiro atoms. The molecule has 0 aliphatic carbocycles. The third kappa shape index (κ3) is 10.4. The van der Waals surface area contributed by atoms with E-state index in [0.29, 0.717) is 34.5 Å². The molecular weight excluding hydrogens is 591 g/mol. The first-order valence-electron chi connectivity index (χ1n) is 15.8. The van der Waals surface area contributed by atoms with Crippen molar-refractivity contribution in [2.45, 2.75) is 84.7 Å². The van der Waals surface area contributed by atoms with Crippen molar-refractivity contribution in [3.05, 3.63) is 81.1 Å². The number of nitrogens with two attached hydrogens (primary N) is 3. The summed E-state index contributed by atoms with van der Waals surface area (Å²) >= 11 is 6.25. The third-order valence-corrected chi connectivity index (χ3v) is 7.46. The summed E-state index contributed by atoms with van der Waals surface area (Å²) in [5, 5.41) is 4.30. The van der Waals surface area contributed by atoms with Crippen LogP contribution < -0.4 is 28.2 Å². The van der Waals surface area contributed by atoms with E-state index in [1.165, 1.54) is 11.0 Å². The van der Waals surface area contributed by atoms with Crippen LogP contribution in [0.1, 0.15) is 83.4 Å². The number of aromatic amines is 1. The standard InChI is InChI=1S/C31H40ClFN8O.C3H8/c1-3-6-26(37-13-5-14-38-30(35)36)21-9-11-23(12-10-21)41-18-22-17-27(39-29(22)40-31(41)42)24-15-20(8-4-7-19(2)34)16-25(32)28(24)33;1-3-2/h9-12,15-19,26,37H,3-8,13-14,34H2,1-2H3,(H4,35,36,38)(H,39,40,42);3H2,1-2H3. The molecule has 2 atom stereocenters. The number of hydrogen-bond donors (Lipinski definition) is 5. The molecule has 2 unspecified atom stereocenters. The Morgan fingerprint density at radius 1 is 1.11 bits per heavy atom. The minimum atomic E-state index is -0.517. The molecule has 0 saturated carbocycles. The van der Waals surface area contributed by atoms with Crippen LogP contribution in [0.4, 0.5) is 4.39 Å². The van der Waals surface area contributed by atoms with Crippen molar-refractivity contribution < 1.29 is 4.39 Å². The molecule has 0 saturated heterocycles. The first-order valence-corrected chi connectivity index (χ1v) is 16.2. The van der Waals surface area contributed by atoms with Gasteiger partial charge in [-0.1, -0.05) is 57.3 Å². The number of aliphatic imine (C=N–C) groups is 1. The Labute approximate surface area is 270 Å². The minimum absolute atomic E-state index is 0.0548.